The molecule has 0 saturated carbocycles. The number of rotatable bonds is 5. The van der Waals surface area contributed by atoms with Crippen molar-refractivity contribution in [2.45, 2.75) is 12.8 Å². The zero-order valence-electron chi connectivity index (χ0n) is 16.1. The Kier molecular flexibility index (Phi) is 5.83. The van der Waals surface area contributed by atoms with Gasteiger partial charge in [0.25, 0.3) is 0 Å². The Morgan fingerprint density at radius 2 is 1.82 bits per heavy atom. The summed E-state index contributed by atoms with van der Waals surface area (Å²) < 4.78 is 5.44. The first kappa shape index (κ1) is 18.8. The molecule has 28 heavy (non-hydrogen) atoms. The van der Waals surface area contributed by atoms with Gasteiger partial charge in [0.1, 0.15) is 0 Å². The van der Waals surface area contributed by atoms with Gasteiger partial charge in [-0.15, -0.1) is 0 Å². The van der Waals surface area contributed by atoms with Crippen LogP contribution in [0, 0.1) is 5.92 Å². The molecule has 1 aromatic heterocycles. The molecule has 2 aliphatic heterocycles. The van der Waals surface area contributed by atoms with E-state index < -0.39 is 5.91 Å². The van der Waals surface area contributed by atoms with Crippen molar-refractivity contribution in [2.75, 3.05) is 50.8 Å². The first-order chi connectivity index (χ1) is 13.7. The van der Waals surface area contributed by atoms with Crippen molar-refractivity contribution < 1.29 is 9.53 Å². The quantitative estimate of drug-likeness (QED) is 0.850. The Hall–Kier alpha value is -2.51. The minimum absolute atomic E-state index is 0.446. The first-order valence-corrected chi connectivity index (χ1v) is 9.96. The van der Waals surface area contributed by atoms with Crippen LogP contribution in [-0.4, -0.2) is 66.7 Å². The first-order valence-electron chi connectivity index (χ1n) is 9.96. The minimum atomic E-state index is -0.446. The summed E-state index contributed by atoms with van der Waals surface area (Å²) in [4.78, 5) is 25.3. The van der Waals surface area contributed by atoms with Crippen molar-refractivity contribution >= 4 is 11.6 Å². The minimum Gasteiger partial charge on any atom is -0.379 e. The monoisotopic (exact) mass is 381 g/mol. The molecule has 0 spiro atoms. The van der Waals surface area contributed by atoms with E-state index in [1.165, 1.54) is 19.4 Å². The van der Waals surface area contributed by atoms with E-state index in [4.69, 9.17) is 10.5 Å². The summed E-state index contributed by atoms with van der Waals surface area (Å²) >= 11 is 0. The zero-order chi connectivity index (χ0) is 19.3. The van der Waals surface area contributed by atoms with Crippen LogP contribution >= 0.6 is 0 Å². The molecule has 0 bridgehead atoms. The predicted octanol–water partition coefficient (Wildman–Crippen LogP) is 1.79. The van der Waals surface area contributed by atoms with Gasteiger partial charge in [-0.1, -0.05) is 12.1 Å². The van der Waals surface area contributed by atoms with E-state index in [2.05, 4.69) is 19.8 Å². The number of amides is 1. The third kappa shape index (κ3) is 4.48. The number of carbonyl (C=O) groups excluding carboxylic acids is 1. The van der Waals surface area contributed by atoms with Gasteiger partial charge in [0.2, 0.25) is 5.91 Å². The number of ether oxygens (including phenoxy) is 1. The van der Waals surface area contributed by atoms with Crippen LogP contribution in [0.15, 0.2) is 36.7 Å². The average Bonchev–Trinajstić information content (AvgIpc) is 2.75. The Labute approximate surface area is 165 Å². The third-order valence-electron chi connectivity index (χ3n) is 5.64. The van der Waals surface area contributed by atoms with E-state index in [0.717, 1.165) is 56.6 Å². The lowest BCUT2D eigenvalue weighted by Gasteiger charge is -2.36. The molecule has 7 nitrogen and oxygen atoms in total. The Balaban J connectivity index is 1.34. The molecule has 2 N–H and O–H groups in total. The molecule has 1 aromatic carbocycles. The molecule has 0 atom stereocenters. The molecule has 7 heteroatoms. The van der Waals surface area contributed by atoms with Gasteiger partial charge >= 0.3 is 0 Å². The van der Waals surface area contributed by atoms with Gasteiger partial charge in [0, 0.05) is 43.9 Å². The van der Waals surface area contributed by atoms with Crippen LogP contribution < -0.4 is 10.6 Å². The maximum atomic E-state index is 11.4. The van der Waals surface area contributed by atoms with Gasteiger partial charge in [-0.25, -0.2) is 9.97 Å². The number of benzene rings is 1. The summed E-state index contributed by atoms with van der Waals surface area (Å²) in [5.74, 6) is 0.915. The number of aromatic nitrogens is 2. The van der Waals surface area contributed by atoms with Crippen LogP contribution in [0.3, 0.4) is 0 Å². The van der Waals surface area contributed by atoms with E-state index in [0.29, 0.717) is 11.4 Å². The molecule has 2 fully saturated rings. The van der Waals surface area contributed by atoms with Crippen molar-refractivity contribution in [3.05, 3.63) is 42.2 Å². The van der Waals surface area contributed by atoms with Gasteiger partial charge in [-0.05, 0) is 30.9 Å². The molecule has 0 unspecified atom stereocenters. The van der Waals surface area contributed by atoms with Crippen LogP contribution in [0.1, 0.15) is 23.2 Å². The molecule has 2 aromatic rings. The second-order valence-corrected chi connectivity index (χ2v) is 7.55. The summed E-state index contributed by atoms with van der Waals surface area (Å²) in [5.41, 5.74) is 7.68. The predicted molar refractivity (Wildman–Crippen MR) is 108 cm³/mol. The highest BCUT2D eigenvalue weighted by atomic mass is 16.5. The fourth-order valence-corrected chi connectivity index (χ4v) is 3.97. The van der Waals surface area contributed by atoms with Crippen molar-refractivity contribution in [2.24, 2.45) is 11.7 Å². The number of piperidine rings is 1. The summed E-state index contributed by atoms with van der Waals surface area (Å²) in [6.07, 6.45) is 6.14. The molecule has 4 rings (SSSR count). The summed E-state index contributed by atoms with van der Waals surface area (Å²) in [7, 11) is 0. The van der Waals surface area contributed by atoms with Gasteiger partial charge in [-0.3, -0.25) is 9.69 Å². The van der Waals surface area contributed by atoms with Gasteiger partial charge < -0.3 is 15.4 Å². The highest BCUT2D eigenvalue weighted by molar-refractivity contribution is 5.93. The number of morpholine rings is 1. The number of anilines is 1. The largest absolute Gasteiger partial charge is 0.379 e. The Morgan fingerprint density at radius 3 is 2.50 bits per heavy atom. The topological polar surface area (TPSA) is 84.6 Å². The number of hydrogen-bond donors (Lipinski definition) is 1. The summed E-state index contributed by atoms with van der Waals surface area (Å²) in [6.45, 7) is 7.11. The average molecular weight is 381 g/mol. The molecule has 2 saturated heterocycles. The van der Waals surface area contributed by atoms with E-state index in [1.54, 1.807) is 18.2 Å². The third-order valence-corrected chi connectivity index (χ3v) is 5.64. The smallest absolute Gasteiger partial charge is 0.248 e. The van der Waals surface area contributed by atoms with Crippen molar-refractivity contribution in [1.29, 1.82) is 0 Å². The van der Waals surface area contributed by atoms with E-state index >= 15 is 0 Å². The Morgan fingerprint density at radius 1 is 1.11 bits per heavy atom. The summed E-state index contributed by atoms with van der Waals surface area (Å²) in [5, 5.41) is 0. The lowest BCUT2D eigenvalue weighted by molar-refractivity contribution is 0.0289. The normalized spacial score (nSPS) is 18.9. The molecule has 148 valence electrons. The van der Waals surface area contributed by atoms with Crippen molar-refractivity contribution in [1.82, 2.24) is 14.9 Å². The van der Waals surface area contributed by atoms with Gasteiger partial charge in [-0.2, -0.15) is 0 Å². The molecule has 1 amide bonds. The second kappa shape index (κ2) is 8.67. The lowest BCUT2D eigenvalue weighted by atomic mass is 9.96. The molecule has 0 radical (unpaired) electrons. The highest BCUT2D eigenvalue weighted by Gasteiger charge is 2.23. The maximum absolute atomic E-state index is 11.4. The molecule has 3 heterocycles. The fraction of sp³-hybridized carbons (Fsp3) is 0.476. The molecular weight excluding hydrogens is 354 g/mol. The van der Waals surface area contributed by atoms with Crippen LogP contribution in [-0.2, 0) is 4.74 Å². The second-order valence-electron chi connectivity index (χ2n) is 7.55. The number of primary amides is 1. The van der Waals surface area contributed by atoms with Crippen LogP contribution in [0.4, 0.5) is 5.69 Å². The molecule has 2 aliphatic rings. The number of hydrogen-bond acceptors (Lipinski definition) is 6. The van der Waals surface area contributed by atoms with E-state index in [9.17, 15) is 4.79 Å². The number of nitrogens with two attached hydrogens (primary N) is 1. The van der Waals surface area contributed by atoms with Crippen molar-refractivity contribution in [3.63, 3.8) is 0 Å². The molecule has 0 aliphatic carbocycles. The van der Waals surface area contributed by atoms with E-state index in [-0.39, 0.29) is 0 Å². The number of carbonyl (C=O) groups is 1. The van der Waals surface area contributed by atoms with Crippen LogP contribution in [0.5, 0.6) is 0 Å². The zero-order valence-corrected chi connectivity index (χ0v) is 16.1. The maximum Gasteiger partial charge on any atom is 0.248 e. The fourth-order valence-electron chi connectivity index (χ4n) is 3.97. The summed E-state index contributed by atoms with van der Waals surface area (Å²) in [6, 6.07) is 7.11. The highest BCUT2D eigenvalue weighted by Crippen LogP contribution is 2.24. The van der Waals surface area contributed by atoms with E-state index in [1.807, 2.05) is 18.5 Å². The standard InChI is InChI=1S/C21H27N5O2/c22-20(27)17-2-1-3-18(12-17)21-23-13-19(14-24-21)26-6-4-16(5-7-26)15-25-8-10-28-11-9-25/h1-3,12-14,16H,4-11,15H2,(H2,22,27). The SMILES string of the molecule is NC(=O)c1cccc(-c2ncc(N3CCC(CN4CCOCC4)CC3)cn2)c1. The molecular formula is C21H27N5O2. The number of nitrogens with zero attached hydrogens (tertiary/aromatic N) is 4. The van der Waals surface area contributed by atoms with Crippen LogP contribution in [0.2, 0.25) is 0 Å². The van der Waals surface area contributed by atoms with Crippen molar-refractivity contribution in [3.8, 4) is 11.4 Å². The van der Waals surface area contributed by atoms with Gasteiger partial charge in [0.15, 0.2) is 5.82 Å². The van der Waals surface area contributed by atoms with Gasteiger partial charge in [0.05, 0.1) is 31.3 Å². The van der Waals surface area contributed by atoms with Crippen LogP contribution in [0.25, 0.3) is 11.4 Å². The lowest BCUT2D eigenvalue weighted by Crippen LogP contribution is -2.43. The Bertz CT molecular complexity index is 797.